The fourth-order valence-corrected chi connectivity index (χ4v) is 4.73. The van der Waals surface area contributed by atoms with E-state index in [1.54, 1.807) is 0 Å². The largest absolute Gasteiger partial charge is 0.0804 e. The van der Waals surface area contributed by atoms with Gasteiger partial charge in [-0.1, -0.05) is 96.6 Å². The molecule has 0 amide bonds. The molecular formula is C26H22. The summed E-state index contributed by atoms with van der Waals surface area (Å²) in [6.07, 6.45) is 8.85. The van der Waals surface area contributed by atoms with E-state index in [4.69, 9.17) is 0 Å². The third-order valence-corrected chi connectivity index (χ3v) is 6.15. The summed E-state index contributed by atoms with van der Waals surface area (Å²) < 4.78 is 0. The highest BCUT2D eigenvalue weighted by atomic mass is 14.4. The molecule has 1 unspecified atom stereocenters. The summed E-state index contributed by atoms with van der Waals surface area (Å²) in [5, 5.41) is 0. The normalized spacial score (nSPS) is 16.7. The molecule has 0 aliphatic heterocycles. The van der Waals surface area contributed by atoms with Gasteiger partial charge in [0.1, 0.15) is 0 Å². The minimum atomic E-state index is -0.0991. The summed E-state index contributed by atoms with van der Waals surface area (Å²) >= 11 is 0. The van der Waals surface area contributed by atoms with Crippen LogP contribution in [0.4, 0.5) is 0 Å². The lowest BCUT2D eigenvalue weighted by atomic mass is 9.68. The highest BCUT2D eigenvalue weighted by molar-refractivity contribution is 5.79. The van der Waals surface area contributed by atoms with Crippen molar-refractivity contribution >= 4 is 0 Å². The molecule has 3 aromatic rings. The lowest BCUT2D eigenvalue weighted by Gasteiger charge is -2.35. The number of rotatable bonds is 3. The molecule has 0 fully saturated rings. The second-order valence-corrected chi connectivity index (χ2v) is 7.48. The van der Waals surface area contributed by atoms with Gasteiger partial charge in [-0.25, -0.2) is 0 Å². The van der Waals surface area contributed by atoms with Crippen molar-refractivity contribution in [2.45, 2.75) is 25.2 Å². The lowest BCUT2D eigenvalue weighted by Crippen LogP contribution is -2.27. The molecule has 5 rings (SSSR count). The number of hydrogen-bond acceptors (Lipinski definition) is 0. The van der Waals surface area contributed by atoms with E-state index < -0.39 is 0 Å². The molecule has 0 saturated heterocycles. The molecule has 0 spiro atoms. The Morgan fingerprint density at radius 2 is 1.54 bits per heavy atom. The van der Waals surface area contributed by atoms with Gasteiger partial charge in [0.15, 0.2) is 0 Å². The molecule has 26 heavy (non-hydrogen) atoms. The average molecular weight is 334 g/mol. The Morgan fingerprint density at radius 1 is 0.769 bits per heavy atom. The smallest absolute Gasteiger partial charge is 0.0392 e. The van der Waals surface area contributed by atoms with Crippen molar-refractivity contribution in [3.8, 4) is 11.1 Å². The average Bonchev–Trinajstić information content (AvgIpc) is 3.36. The monoisotopic (exact) mass is 334 g/mol. The van der Waals surface area contributed by atoms with E-state index >= 15 is 0 Å². The molecule has 2 aliphatic carbocycles. The predicted octanol–water partition coefficient (Wildman–Crippen LogP) is 6.45. The Balaban J connectivity index is 1.75. The van der Waals surface area contributed by atoms with E-state index in [1.165, 1.54) is 39.0 Å². The quantitative estimate of drug-likeness (QED) is 0.404. The van der Waals surface area contributed by atoms with Crippen LogP contribution in [0.5, 0.6) is 0 Å². The van der Waals surface area contributed by atoms with Crippen LogP contribution in [0.25, 0.3) is 11.1 Å². The summed E-state index contributed by atoms with van der Waals surface area (Å²) in [6, 6.07) is 26.7. The maximum absolute atomic E-state index is 2.40. The Kier molecular flexibility index (Phi) is 3.46. The zero-order valence-electron chi connectivity index (χ0n) is 15.1. The van der Waals surface area contributed by atoms with Crippen molar-refractivity contribution < 1.29 is 0 Å². The maximum atomic E-state index is 2.40. The molecule has 0 heteroatoms. The Bertz CT molecular complexity index is 1040. The van der Waals surface area contributed by atoms with Gasteiger partial charge in [0.05, 0.1) is 0 Å². The minimum absolute atomic E-state index is 0.0991. The Morgan fingerprint density at radius 3 is 2.35 bits per heavy atom. The van der Waals surface area contributed by atoms with Crippen LogP contribution in [0, 0.1) is 0 Å². The number of benzene rings is 3. The van der Waals surface area contributed by atoms with Gasteiger partial charge in [-0.05, 0) is 53.1 Å². The van der Waals surface area contributed by atoms with Crippen molar-refractivity contribution in [2.24, 2.45) is 0 Å². The van der Waals surface area contributed by atoms with Crippen LogP contribution in [0.2, 0.25) is 0 Å². The molecular weight excluding hydrogens is 312 g/mol. The molecule has 0 radical (unpaired) electrons. The predicted molar refractivity (Wildman–Crippen MR) is 109 cm³/mol. The summed E-state index contributed by atoms with van der Waals surface area (Å²) in [4.78, 5) is 0. The molecule has 0 nitrogen and oxygen atoms in total. The summed E-state index contributed by atoms with van der Waals surface area (Å²) in [5.41, 5.74) is 9.96. The molecule has 0 aromatic heterocycles. The van der Waals surface area contributed by atoms with Crippen molar-refractivity contribution in [1.29, 1.82) is 0 Å². The van der Waals surface area contributed by atoms with Crippen molar-refractivity contribution in [3.63, 3.8) is 0 Å². The zero-order chi connectivity index (χ0) is 17.6. The third-order valence-electron chi connectivity index (χ3n) is 6.15. The molecule has 1 atom stereocenters. The minimum Gasteiger partial charge on any atom is -0.0804 e. The Hall–Kier alpha value is -2.86. The van der Waals surface area contributed by atoms with Crippen LogP contribution in [0.15, 0.2) is 96.6 Å². The fourth-order valence-electron chi connectivity index (χ4n) is 4.73. The summed E-state index contributed by atoms with van der Waals surface area (Å²) in [6.45, 7) is 2.40. The van der Waals surface area contributed by atoms with Gasteiger partial charge in [0.25, 0.3) is 0 Å². The molecule has 2 aliphatic rings. The fraction of sp³-hybridized carbons (Fsp3) is 0.154. The number of allylic oxidation sites excluding steroid dienone is 4. The Labute approximate surface area is 155 Å². The van der Waals surface area contributed by atoms with E-state index in [2.05, 4.69) is 97.9 Å². The first-order valence-electron chi connectivity index (χ1n) is 9.41. The molecule has 0 heterocycles. The second-order valence-electron chi connectivity index (χ2n) is 7.48. The third kappa shape index (κ3) is 2.15. The van der Waals surface area contributed by atoms with Crippen molar-refractivity contribution in [2.75, 3.05) is 0 Å². The lowest BCUT2D eigenvalue weighted by molar-refractivity contribution is 0.656. The molecule has 0 saturated carbocycles. The van der Waals surface area contributed by atoms with Crippen LogP contribution >= 0.6 is 0 Å². The van der Waals surface area contributed by atoms with Crippen molar-refractivity contribution in [3.05, 3.63) is 119 Å². The van der Waals surface area contributed by atoms with E-state index in [0.717, 1.165) is 12.8 Å². The summed E-state index contributed by atoms with van der Waals surface area (Å²) in [7, 11) is 0. The number of hydrogen-bond donors (Lipinski definition) is 0. The van der Waals surface area contributed by atoms with Crippen LogP contribution in [-0.4, -0.2) is 0 Å². The van der Waals surface area contributed by atoms with Gasteiger partial charge in [-0.2, -0.15) is 0 Å². The van der Waals surface area contributed by atoms with E-state index in [1.807, 2.05) is 0 Å². The van der Waals surface area contributed by atoms with Crippen LogP contribution in [-0.2, 0) is 11.8 Å². The van der Waals surface area contributed by atoms with Crippen LogP contribution in [0.1, 0.15) is 35.6 Å². The highest BCUT2D eigenvalue weighted by Gasteiger charge is 2.36. The topological polar surface area (TPSA) is 0 Å². The van der Waals surface area contributed by atoms with E-state index in [-0.39, 0.29) is 5.41 Å². The SMILES string of the molecule is CC(C1=CC=CC1)(c1ccccc1)c1cccc2c1Cc1ccccc1-2. The van der Waals surface area contributed by atoms with Gasteiger partial charge < -0.3 is 0 Å². The molecule has 0 bridgehead atoms. The molecule has 0 N–H and O–H groups in total. The van der Waals surface area contributed by atoms with Gasteiger partial charge in [0.2, 0.25) is 0 Å². The molecule has 3 aromatic carbocycles. The van der Waals surface area contributed by atoms with Gasteiger partial charge in [-0.3, -0.25) is 0 Å². The maximum Gasteiger partial charge on any atom is 0.0392 e. The van der Waals surface area contributed by atoms with Crippen LogP contribution in [0.3, 0.4) is 0 Å². The van der Waals surface area contributed by atoms with Gasteiger partial charge in [-0.15, -0.1) is 0 Å². The number of fused-ring (bicyclic) bond motifs is 3. The summed E-state index contributed by atoms with van der Waals surface area (Å²) in [5.74, 6) is 0. The standard InChI is InChI=1S/C26H22/c1-26(21-13-6-7-14-21,20-11-3-2-4-12-20)25-17-9-16-23-22-15-8-5-10-19(22)18-24(23)25/h2-13,15-17H,14,18H2,1H3. The second kappa shape index (κ2) is 5.85. The van der Waals surface area contributed by atoms with Crippen LogP contribution < -0.4 is 0 Å². The highest BCUT2D eigenvalue weighted by Crippen LogP contribution is 2.48. The first-order chi connectivity index (χ1) is 12.8. The van der Waals surface area contributed by atoms with Crippen molar-refractivity contribution in [1.82, 2.24) is 0 Å². The first-order valence-corrected chi connectivity index (χ1v) is 9.41. The molecule has 126 valence electrons. The van der Waals surface area contributed by atoms with Gasteiger partial charge in [0, 0.05) is 5.41 Å². The first kappa shape index (κ1) is 15.4. The van der Waals surface area contributed by atoms with E-state index in [9.17, 15) is 0 Å². The van der Waals surface area contributed by atoms with E-state index in [0.29, 0.717) is 0 Å². The van der Waals surface area contributed by atoms with Gasteiger partial charge >= 0.3 is 0 Å². The zero-order valence-corrected chi connectivity index (χ0v) is 15.1.